The number of hydrogen-bond acceptors (Lipinski definition) is 4. The summed E-state index contributed by atoms with van der Waals surface area (Å²) in [6.45, 7) is 6.79. The van der Waals surface area contributed by atoms with Gasteiger partial charge in [0.05, 0.1) is 18.6 Å². The molecule has 18 heavy (non-hydrogen) atoms. The molecule has 0 saturated carbocycles. The highest BCUT2D eigenvalue weighted by molar-refractivity contribution is 7.07. The van der Waals surface area contributed by atoms with Crippen LogP contribution in [-0.2, 0) is 13.1 Å². The molecule has 0 saturated heterocycles. The molecule has 98 valence electrons. The second-order valence-corrected chi connectivity index (χ2v) is 5.58. The lowest BCUT2D eigenvalue weighted by Crippen LogP contribution is -2.19. The SMILES string of the molecule is CC(C)CNCc1cn(Cc2csc(=O)[nH]2)cn1. The molecular formula is C12H18N4OS. The summed E-state index contributed by atoms with van der Waals surface area (Å²) in [6.07, 6.45) is 3.80. The first-order valence-electron chi connectivity index (χ1n) is 6.01. The molecule has 0 unspecified atom stereocenters. The van der Waals surface area contributed by atoms with E-state index in [0.717, 1.165) is 24.5 Å². The van der Waals surface area contributed by atoms with Gasteiger partial charge in [-0.3, -0.25) is 4.79 Å². The van der Waals surface area contributed by atoms with Gasteiger partial charge in [-0.05, 0) is 12.5 Å². The highest BCUT2D eigenvalue weighted by Crippen LogP contribution is 2.02. The lowest BCUT2D eigenvalue weighted by Gasteiger charge is -2.04. The van der Waals surface area contributed by atoms with E-state index in [9.17, 15) is 4.79 Å². The third-order valence-corrected chi connectivity index (χ3v) is 3.19. The van der Waals surface area contributed by atoms with Gasteiger partial charge in [0.15, 0.2) is 0 Å². The molecule has 0 aliphatic carbocycles. The minimum atomic E-state index is -0.0102. The van der Waals surface area contributed by atoms with Crippen LogP contribution in [0.2, 0.25) is 0 Å². The third kappa shape index (κ3) is 3.82. The van der Waals surface area contributed by atoms with E-state index in [-0.39, 0.29) is 4.87 Å². The maximum atomic E-state index is 11.0. The van der Waals surface area contributed by atoms with E-state index < -0.39 is 0 Å². The molecule has 0 fully saturated rings. The average molecular weight is 266 g/mol. The largest absolute Gasteiger partial charge is 0.331 e. The van der Waals surface area contributed by atoms with E-state index >= 15 is 0 Å². The summed E-state index contributed by atoms with van der Waals surface area (Å²) in [6, 6.07) is 0. The molecule has 2 aromatic heterocycles. The van der Waals surface area contributed by atoms with E-state index in [4.69, 9.17) is 0 Å². The van der Waals surface area contributed by atoms with Crippen LogP contribution in [0.4, 0.5) is 0 Å². The maximum absolute atomic E-state index is 11.0. The van der Waals surface area contributed by atoms with Crippen molar-refractivity contribution in [1.29, 1.82) is 0 Å². The summed E-state index contributed by atoms with van der Waals surface area (Å²) in [5, 5.41) is 5.20. The number of H-pyrrole nitrogens is 1. The maximum Gasteiger partial charge on any atom is 0.304 e. The number of aromatic amines is 1. The molecular weight excluding hydrogens is 248 g/mol. The normalized spacial score (nSPS) is 11.3. The van der Waals surface area contributed by atoms with Crippen LogP contribution in [0.15, 0.2) is 22.7 Å². The lowest BCUT2D eigenvalue weighted by atomic mass is 10.2. The quantitative estimate of drug-likeness (QED) is 0.831. The summed E-state index contributed by atoms with van der Waals surface area (Å²) in [5.41, 5.74) is 1.94. The Hall–Kier alpha value is -1.40. The zero-order chi connectivity index (χ0) is 13.0. The number of rotatable bonds is 6. The van der Waals surface area contributed by atoms with Crippen LogP contribution in [0, 0.1) is 5.92 Å². The topological polar surface area (TPSA) is 62.7 Å². The Labute approximate surface area is 110 Å². The number of imidazole rings is 1. The lowest BCUT2D eigenvalue weighted by molar-refractivity contribution is 0.548. The summed E-state index contributed by atoms with van der Waals surface area (Å²) < 4.78 is 1.98. The predicted octanol–water partition coefficient (Wildman–Crippen LogP) is 1.43. The van der Waals surface area contributed by atoms with Crippen molar-refractivity contribution in [2.45, 2.75) is 26.9 Å². The van der Waals surface area contributed by atoms with Gasteiger partial charge in [0.2, 0.25) is 0 Å². The van der Waals surface area contributed by atoms with Gasteiger partial charge in [-0.25, -0.2) is 4.98 Å². The zero-order valence-corrected chi connectivity index (χ0v) is 11.5. The monoisotopic (exact) mass is 266 g/mol. The Morgan fingerprint density at radius 1 is 1.56 bits per heavy atom. The first-order chi connectivity index (χ1) is 8.63. The Morgan fingerprint density at radius 3 is 3.06 bits per heavy atom. The van der Waals surface area contributed by atoms with Crippen molar-refractivity contribution in [2.24, 2.45) is 5.92 Å². The number of aromatic nitrogens is 3. The highest BCUT2D eigenvalue weighted by Gasteiger charge is 2.02. The van der Waals surface area contributed by atoms with E-state index in [2.05, 4.69) is 29.1 Å². The standard InChI is InChI=1S/C12H18N4OS/c1-9(2)3-13-4-10-5-16(8-14-10)6-11-7-18-12(17)15-11/h5,7-9,13H,3-4,6H2,1-2H3,(H,15,17). The molecule has 0 radical (unpaired) electrons. The molecule has 2 rings (SSSR count). The summed E-state index contributed by atoms with van der Waals surface area (Å²) >= 11 is 1.19. The van der Waals surface area contributed by atoms with Crippen LogP contribution in [0.1, 0.15) is 25.2 Å². The molecule has 0 aromatic carbocycles. The van der Waals surface area contributed by atoms with Gasteiger partial charge in [0, 0.05) is 23.8 Å². The predicted molar refractivity (Wildman–Crippen MR) is 72.8 cm³/mol. The van der Waals surface area contributed by atoms with Crippen molar-refractivity contribution in [3.8, 4) is 0 Å². The fourth-order valence-electron chi connectivity index (χ4n) is 1.66. The molecule has 0 aliphatic rings. The van der Waals surface area contributed by atoms with E-state index in [1.165, 1.54) is 11.3 Å². The summed E-state index contributed by atoms with van der Waals surface area (Å²) in [7, 11) is 0. The van der Waals surface area contributed by atoms with Crippen molar-refractivity contribution < 1.29 is 0 Å². The summed E-state index contributed by atoms with van der Waals surface area (Å²) in [5.74, 6) is 0.642. The second kappa shape index (κ2) is 5.97. The van der Waals surface area contributed by atoms with E-state index in [1.807, 2.05) is 16.1 Å². The number of nitrogens with one attached hydrogen (secondary N) is 2. The minimum Gasteiger partial charge on any atom is -0.331 e. The van der Waals surface area contributed by atoms with Crippen LogP contribution in [0.25, 0.3) is 0 Å². The van der Waals surface area contributed by atoms with Crippen LogP contribution in [-0.4, -0.2) is 21.1 Å². The molecule has 0 atom stereocenters. The fourth-order valence-corrected chi connectivity index (χ4v) is 2.23. The Bertz CT molecular complexity index is 540. The number of hydrogen-bond donors (Lipinski definition) is 2. The average Bonchev–Trinajstić information content (AvgIpc) is 2.89. The Morgan fingerprint density at radius 2 is 2.39 bits per heavy atom. The smallest absolute Gasteiger partial charge is 0.304 e. The van der Waals surface area contributed by atoms with Crippen molar-refractivity contribution in [3.63, 3.8) is 0 Å². The number of nitrogens with zero attached hydrogens (tertiary/aromatic N) is 2. The van der Waals surface area contributed by atoms with Crippen molar-refractivity contribution in [3.05, 3.63) is 39.0 Å². The van der Waals surface area contributed by atoms with Gasteiger partial charge < -0.3 is 14.9 Å². The van der Waals surface area contributed by atoms with Gasteiger partial charge in [-0.2, -0.15) is 0 Å². The summed E-state index contributed by atoms with van der Waals surface area (Å²) in [4.78, 5) is 18.1. The first kappa shape index (κ1) is 13.0. The molecule has 2 heterocycles. The molecule has 0 bridgehead atoms. The second-order valence-electron chi connectivity index (χ2n) is 4.74. The van der Waals surface area contributed by atoms with E-state index in [0.29, 0.717) is 12.5 Å². The first-order valence-corrected chi connectivity index (χ1v) is 6.89. The Kier molecular flexibility index (Phi) is 4.33. The molecule has 2 aromatic rings. The molecule has 0 aliphatic heterocycles. The molecule has 6 heteroatoms. The molecule has 0 amide bonds. The van der Waals surface area contributed by atoms with Gasteiger partial charge in [-0.1, -0.05) is 25.2 Å². The van der Waals surface area contributed by atoms with Gasteiger partial charge in [-0.15, -0.1) is 0 Å². The minimum absolute atomic E-state index is 0.0102. The van der Waals surface area contributed by atoms with Gasteiger partial charge >= 0.3 is 4.87 Å². The molecule has 5 nitrogen and oxygen atoms in total. The fraction of sp³-hybridized carbons (Fsp3) is 0.500. The van der Waals surface area contributed by atoms with Crippen LogP contribution >= 0.6 is 11.3 Å². The van der Waals surface area contributed by atoms with Crippen molar-refractivity contribution in [2.75, 3.05) is 6.54 Å². The molecule has 0 spiro atoms. The van der Waals surface area contributed by atoms with Gasteiger partial charge in [0.25, 0.3) is 0 Å². The van der Waals surface area contributed by atoms with Crippen molar-refractivity contribution >= 4 is 11.3 Å². The van der Waals surface area contributed by atoms with Crippen LogP contribution < -0.4 is 10.2 Å². The molecule has 2 N–H and O–H groups in total. The third-order valence-electron chi connectivity index (χ3n) is 2.47. The van der Waals surface area contributed by atoms with Crippen LogP contribution in [0.3, 0.4) is 0 Å². The van der Waals surface area contributed by atoms with Gasteiger partial charge in [0.1, 0.15) is 0 Å². The zero-order valence-electron chi connectivity index (χ0n) is 10.6. The van der Waals surface area contributed by atoms with Crippen LogP contribution in [0.5, 0.6) is 0 Å². The highest BCUT2D eigenvalue weighted by atomic mass is 32.1. The number of thiazole rings is 1. The van der Waals surface area contributed by atoms with E-state index in [1.54, 1.807) is 6.33 Å². The Balaban J connectivity index is 1.88. The van der Waals surface area contributed by atoms with Crippen molar-refractivity contribution in [1.82, 2.24) is 19.9 Å².